The number of likely N-dealkylation sites (N-methyl/N-ethyl adjacent to an activating group) is 1. The van der Waals surface area contributed by atoms with Crippen LogP contribution in [0.2, 0.25) is 0 Å². The van der Waals surface area contributed by atoms with Gasteiger partial charge in [-0.1, -0.05) is 19.1 Å². The highest BCUT2D eigenvalue weighted by atomic mass is 127. The molecule has 0 bridgehead atoms. The Morgan fingerprint density at radius 1 is 1.22 bits per heavy atom. The zero-order chi connectivity index (χ0) is 18.8. The molecule has 1 aliphatic heterocycles. The van der Waals surface area contributed by atoms with Crippen LogP contribution in [0.1, 0.15) is 25.3 Å². The molecule has 3 N–H and O–H groups in total. The van der Waals surface area contributed by atoms with Crippen molar-refractivity contribution in [1.82, 2.24) is 20.9 Å². The molecule has 1 aliphatic rings. The van der Waals surface area contributed by atoms with E-state index in [2.05, 4.69) is 32.8 Å². The average molecular weight is 491 g/mol. The Balaban J connectivity index is 0.00000364. The summed E-state index contributed by atoms with van der Waals surface area (Å²) in [6.07, 6.45) is 2.73. The predicted molar refractivity (Wildman–Crippen MR) is 118 cm³/mol. The van der Waals surface area contributed by atoms with Crippen molar-refractivity contribution in [3.05, 3.63) is 35.6 Å². The van der Waals surface area contributed by atoms with Crippen molar-refractivity contribution in [2.24, 2.45) is 4.99 Å². The van der Waals surface area contributed by atoms with E-state index in [1.165, 1.54) is 31.5 Å². The molecule has 0 saturated carbocycles. The monoisotopic (exact) mass is 491 g/mol. The molecule has 1 unspecified atom stereocenters. The molecule has 1 atom stereocenters. The van der Waals surface area contributed by atoms with Crippen LogP contribution >= 0.6 is 24.0 Å². The first-order valence-electron chi connectivity index (χ1n) is 9.32. The lowest BCUT2D eigenvalue weighted by molar-refractivity contribution is -0.120. The van der Waals surface area contributed by atoms with E-state index in [0.717, 1.165) is 24.6 Å². The van der Waals surface area contributed by atoms with Gasteiger partial charge in [0.1, 0.15) is 5.82 Å². The maximum absolute atomic E-state index is 12.9. The van der Waals surface area contributed by atoms with Crippen LogP contribution in [0.3, 0.4) is 0 Å². The SMILES string of the molecule is CCN1CCCC1CNC(=NC)NCCNC(=O)Cc1ccc(F)cc1.I. The van der Waals surface area contributed by atoms with Gasteiger partial charge < -0.3 is 16.0 Å². The van der Waals surface area contributed by atoms with Crippen LogP contribution < -0.4 is 16.0 Å². The Hall–Kier alpha value is -1.42. The minimum Gasteiger partial charge on any atom is -0.355 e. The van der Waals surface area contributed by atoms with Crippen LogP contribution in [0.25, 0.3) is 0 Å². The second-order valence-electron chi connectivity index (χ2n) is 6.46. The molecular weight excluding hydrogens is 460 g/mol. The summed E-state index contributed by atoms with van der Waals surface area (Å²) in [7, 11) is 1.74. The summed E-state index contributed by atoms with van der Waals surface area (Å²) in [4.78, 5) is 18.6. The number of rotatable bonds is 8. The van der Waals surface area contributed by atoms with E-state index in [4.69, 9.17) is 0 Å². The molecule has 1 aromatic carbocycles. The molecule has 1 saturated heterocycles. The van der Waals surface area contributed by atoms with Gasteiger partial charge in [-0.25, -0.2) is 4.39 Å². The van der Waals surface area contributed by atoms with Gasteiger partial charge >= 0.3 is 0 Å². The number of amides is 1. The number of carbonyl (C=O) groups is 1. The fourth-order valence-electron chi connectivity index (χ4n) is 3.21. The Labute approximate surface area is 178 Å². The zero-order valence-corrected chi connectivity index (χ0v) is 18.5. The number of guanidine groups is 1. The number of nitrogens with zero attached hydrogens (tertiary/aromatic N) is 2. The quantitative estimate of drug-likeness (QED) is 0.225. The molecular formula is C19H31FIN5O. The van der Waals surface area contributed by atoms with E-state index >= 15 is 0 Å². The summed E-state index contributed by atoms with van der Waals surface area (Å²) >= 11 is 0. The number of hydrogen-bond acceptors (Lipinski definition) is 3. The van der Waals surface area contributed by atoms with Crippen LogP contribution in [0, 0.1) is 5.82 Å². The molecule has 1 aromatic rings. The summed E-state index contributed by atoms with van der Waals surface area (Å²) in [5, 5.41) is 9.42. The minimum absolute atomic E-state index is 0. The Morgan fingerprint density at radius 3 is 2.59 bits per heavy atom. The molecule has 27 heavy (non-hydrogen) atoms. The summed E-state index contributed by atoms with van der Waals surface area (Å²) in [6.45, 7) is 6.43. The lowest BCUT2D eigenvalue weighted by Gasteiger charge is -2.24. The number of nitrogens with one attached hydrogen (secondary N) is 3. The molecule has 0 aromatic heterocycles. The van der Waals surface area contributed by atoms with E-state index in [1.807, 2.05) is 0 Å². The Morgan fingerprint density at radius 2 is 1.93 bits per heavy atom. The van der Waals surface area contributed by atoms with Crippen molar-refractivity contribution < 1.29 is 9.18 Å². The van der Waals surface area contributed by atoms with Crippen molar-refractivity contribution in [3.8, 4) is 0 Å². The zero-order valence-electron chi connectivity index (χ0n) is 16.1. The van der Waals surface area contributed by atoms with Gasteiger partial charge in [0, 0.05) is 32.7 Å². The van der Waals surface area contributed by atoms with Crippen molar-refractivity contribution in [3.63, 3.8) is 0 Å². The third-order valence-corrected chi connectivity index (χ3v) is 4.65. The van der Waals surface area contributed by atoms with E-state index < -0.39 is 0 Å². The van der Waals surface area contributed by atoms with Gasteiger partial charge in [0.25, 0.3) is 0 Å². The normalized spacial score (nSPS) is 17.3. The number of halogens is 2. The molecule has 0 radical (unpaired) electrons. The summed E-state index contributed by atoms with van der Waals surface area (Å²) in [5.41, 5.74) is 0.798. The smallest absolute Gasteiger partial charge is 0.224 e. The van der Waals surface area contributed by atoms with Gasteiger partial charge in [-0.15, -0.1) is 24.0 Å². The first-order chi connectivity index (χ1) is 12.6. The van der Waals surface area contributed by atoms with Crippen LogP contribution in [0.5, 0.6) is 0 Å². The van der Waals surface area contributed by atoms with Crippen LogP contribution in [-0.4, -0.2) is 62.6 Å². The first kappa shape index (κ1) is 23.6. The highest BCUT2D eigenvalue weighted by Gasteiger charge is 2.22. The van der Waals surface area contributed by atoms with Crippen LogP contribution in [0.4, 0.5) is 4.39 Å². The van der Waals surface area contributed by atoms with Gasteiger partial charge in [0.05, 0.1) is 6.42 Å². The molecule has 2 rings (SSSR count). The second-order valence-corrected chi connectivity index (χ2v) is 6.46. The molecule has 1 heterocycles. The molecule has 1 amide bonds. The summed E-state index contributed by atoms with van der Waals surface area (Å²) < 4.78 is 12.9. The third kappa shape index (κ3) is 8.42. The van der Waals surface area contributed by atoms with Gasteiger partial charge in [-0.2, -0.15) is 0 Å². The van der Waals surface area contributed by atoms with Crippen LogP contribution in [-0.2, 0) is 11.2 Å². The van der Waals surface area contributed by atoms with Crippen LogP contribution in [0.15, 0.2) is 29.3 Å². The maximum atomic E-state index is 12.9. The lowest BCUT2D eigenvalue weighted by atomic mass is 10.1. The highest BCUT2D eigenvalue weighted by Crippen LogP contribution is 2.15. The highest BCUT2D eigenvalue weighted by molar-refractivity contribution is 14.0. The summed E-state index contributed by atoms with van der Waals surface area (Å²) in [6, 6.07) is 6.55. The van der Waals surface area contributed by atoms with Gasteiger partial charge in [-0.3, -0.25) is 14.7 Å². The van der Waals surface area contributed by atoms with Gasteiger partial charge in [0.15, 0.2) is 5.96 Å². The van der Waals surface area contributed by atoms with Crippen molar-refractivity contribution in [1.29, 1.82) is 0 Å². The van der Waals surface area contributed by atoms with E-state index in [1.54, 1.807) is 19.2 Å². The van der Waals surface area contributed by atoms with E-state index in [9.17, 15) is 9.18 Å². The molecule has 1 fully saturated rings. The Kier molecular flexibility index (Phi) is 11.3. The Bertz CT molecular complexity index is 596. The topological polar surface area (TPSA) is 68.8 Å². The third-order valence-electron chi connectivity index (χ3n) is 4.65. The van der Waals surface area contributed by atoms with Gasteiger partial charge in [-0.05, 0) is 43.6 Å². The number of carbonyl (C=O) groups excluding carboxylic acids is 1. The lowest BCUT2D eigenvalue weighted by Crippen LogP contribution is -2.46. The van der Waals surface area contributed by atoms with Crippen molar-refractivity contribution in [2.75, 3.05) is 39.8 Å². The number of benzene rings is 1. The fraction of sp³-hybridized carbons (Fsp3) is 0.579. The van der Waals surface area contributed by atoms with E-state index in [0.29, 0.717) is 19.1 Å². The number of hydrogen-bond donors (Lipinski definition) is 3. The van der Waals surface area contributed by atoms with Gasteiger partial charge in [0.2, 0.25) is 5.91 Å². The molecule has 6 nitrogen and oxygen atoms in total. The molecule has 152 valence electrons. The van der Waals surface area contributed by atoms with Crippen molar-refractivity contribution in [2.45, 2.75) is 32.2 Å². The standard InChI is InChI=1S/C19H30FN5O.HI/c1-3-25-12-4-5-17(25)14-24-19(21-2)23-11-10-22-18(26)13-15-6-8-16(20)9-7-15;/h6-9,17H,3-5,10-14H2,1-2H3,(H,22,26)(H2,21,23,24);1H. The fourth-order valence-corrected chi connectivity index (χ4v) is 3.21. The van der Waals surface area contributed by atoms with E-state index in [-0.39, 0.29) is 42.1 Å². The minimum atomic E-state index is -0.295. The maximum Gasteiger partial charge on any atom is 0.224 e. The molecule has 0 spiro atoms. The molecule has 0 aliphatic carbocycles. The van der Waals surface area contributed by atoms with Crippen molar-refractivity contribution >= 4 is 35.8 Å². The molecule has 8 heteroatoms. The second kappa shape index (κ2) is 12.9. The number of likely N-dealkylation sites (tertiary alicyclic amines) is 1. The first-order valence-corrected chi connectivity index (χ1v) is 9.32. The summed E-state index contributed by atoms with van der Waals surface area (Å²) in [5.74, 6) is 0.378. The largest absolute Gasteiger partial charge is 0.355 e. The average Bonchev–Trinajstić information content (AvgIpc) is 3.10. The predicted octanol–water partition coefficient (Wildman–Crippen LogP) is 1.75. The number of aliphatic imine (C=N–C) groups is 1.